The molecule has 0 spiro atoms. The lowest BCUT2D eigenvalue weighted by atomic mass is 10.1. The van der Waals surface area contributed by atoms with Crippen LogP contribution in [0.15, 0.2) is 80.6 Å². The number of furan rings is 1. The number of anilines is 1. The highest BCUT2D eigenvalue weighted by Crippen LogP contribution is 2.20. The van der Waals surface area contributed by atoms with Crippen molar-refractivity contribution in [1.82, 2.24) is 4.90 Å². The van der Waals surface area contributed by atoms with Crippen molar-refractivity contribution in [3.63, 3.8) is 0 Å². The van der Waals surface area contributed by atoms with E-state index in [0.29, 0.717) is 23.3 Å². The Morgan fingerprint density at radius 1 is 0.938 bits per heavy atom. The molecule has 2 aromatic heterocycles. The average Bonchev–Trinajstić information content (AvgIpc) is 3.31. The van der Waals surface area contributed by atoms with Crippen molar-refractivity contribution in [3.05, 3.63) is 99.8 Å². The lowest BCUT2D eigenvalue weighted by Gasteiger charge is -2.22. The Morgan fingerprint density at radius 2 is 1.69 bits per heavy atom. The maximum Gasteiger partial charge on any atom is 0.290 e. The Kier molecular flexibility index (Phi) is 6.12. The zero-order chi connectivity index (χ0) is 22.7. The predicted octanol–water partition coefficient (Wildman–Crippen LogP) is 4.86. The van der Waals surface area contributed by atoms with Gasteiger partial charge in [-0.05, 0) is 53.9 Å². The summed E-state index contributed by atoms with van der Waals surface area (Å²) in [5.41, 5.74) is 3.27. The molecular formula is C26H26N2O4. The SMILES string of the molecule is CCc1ccc2oc(C(=O)N(Cc3ccc(N(C)C)cc3)Cc3ccco3)cc(=O)c2c1. The molecule has 0 radical (unpaired) electrons. The van der Waals surface area contributed by atoms with Crippen molar-refractivity contribution in [2.45, 2.75) is 26.4 Å². The third kappa shape index (κ3) is 4.59. The van der Waals surface area contributed by atoms with E-state index >= 15 is 0 Å². The first-order valence-electron chi connectivity index (χ1n) is 10.6. The van der Waals surface area contributed by atoms with Gasteiger partial charge in [-0.15, -0.1) is 0 Å². The number of carbonyl (C=O) groups is 1. The number of fused-ring (bicyclic) bond motifs is 1. The molecule has 0 aliphatic rings. The predicted molar refractivity (Wildman–Crippen MR) is 125 cm³/mol. The molecule has 0 saturated heterocycles. The second-order valence-corrected chi connectivity index (χ2v) is 7.96. The molecule has 164 valence electrons. The zero-order valence-electron chi connectivity index (χ0n) is 18.5. The number of hydrogen-bond donors (Lipinski definition) is 0. The van der Waals surface area contributed by atoms with Crippen molar-refractivity contribution in [2.75, 3.05) is 19.0 Å². The molecule has 0 N–H and O–H groups in total. The molecule has 0 saturated carbocycles. The van der Waals surface area contributed by atoms with Crippen LogP contribution in [0.1, 0.15) is 34.4 Å². The monoisotopic (exact) mass is 430 g/mol. The van der Waals surface area contributed by atoms with Crippen molar-refractivity contribution >= 4 is 22.6 Å². The van der Waals surface area contributed by atoms with Gasteiger partial charge in [0.15, 0.2) is 11.2 Å². The first-order valence-corrected chi connectivity index (χ1v) is 10.6. The first kappa shape index (κ1) is 21.4. The van der Waals surface area contributed by atoms with Gasteiger partial charge in [0.05, 0.1) is 18.2 Å². The summed E-state index contributed by atoms with van der Waals surface area (Å²) in [5, 5.41) is 0.484. The van der Waals surface area contributed by atoms with Crippen LogP contribution in [0.4, 0.5) is 5.69 Å². The lowest BCUT2D eigenvalue weighted by molar-refractivity contribution is 0.0686. The van der Waals surface area contributed by atoms with E-state index in [2.05, 4.69) is 0 Å². The van der Waals surface area contributed by atoms with E-state index in [1.54, 1.807) is 23.3 Å². The quantitative estimate of drug-likeness (QED) is 0.419. The van der Waals surface area contributed by atoms with E-state index in [1.807, 2.05) is 68.4 Å². The Balaban J connectivity index is 1.67. The minimum atomic E-state index is -0.364. The van der Waals surface area contributed by atoms with Gasteiger partial charge in [-0.3, -0.25) is 9.59 Å². The standard InChI is InChI=1S/C26H26N2O4/c1-4-18-9-12-24-22(14-18)23(29)15-25(32-24)26(30)28(17-21-6-5-13-31-21)16-19-7-10-20(11-8-19)27(2)3/h5-15H,4,16-17H2,1-3H3. The molecule has 6 heteroatoms. The largest absolute Gasteiger partial charge is 0.467 e. The van der Waals surface area contributed by atoms with Crippen LogP contribution in [0.3, 0.4) is 0 Å². The summed E-state index contributed by atoms with van der Waals surface area (Å²) in [5.74, 6) is 0.304. The van der Waals surface area contributed by atoms with Gasteiger partial charge in [-0.1, -0.05) is 25.1 Å². The van der Waals surface area contributed by atoms with Gasteiger partial charge < -0.3 is 18.6 Å². The molecule has 0 unspecified atom stereocenters. The van der Waals surface area contributed by atoms with Crippen LogP contribution in [0, 0.1) is 0 Å². The lowest BCUT2D eigenvalue weighted by Crippen LogP contribution is -2.30. The summed E-state index contributed by atoms with van der Waals surface area (Å²) in [6, 6.07) is 18.4. The Hall–Kier alpha value is -3.80. The summed E-state index contributed by atoms with van der Waals surface area (Å²) >= 11 is 0. The van der Waals surface area contributed by atoms with Crippen LogP contribution >= 0.6 is 0 Å². The number of hydrogen-bond acceptors (Lipinski definition) is 5. The molecule has 0 atom stereocenters. The van der Waals surface area contributed by atoms with Crippen LogP contribution < -0.4 is 10.3 Å². The highest BCUT2D eigenvalue weighted by Gasteiger charge is 2.22. The summed E-state index contributed by atoms with van der Waals surface area (Å²) in [4.78, 5) is 29.8. The van der Waals surface area contributed by atoms with Gasteiger partial charge in [0.25, 0.3) is 5.91 Å². The zero-order valence-corrected chi connectivity index (χ0v) is 18.5. The molecule has 2 aromatic carbocycles. The number of amides is 1. The smallest absolute Gasteiger partial charge is 0.290 e. The third-order valence-corrected chi connectivity index (χ3v) is 5.45. The summed E-state index contributed by atoms with van der Waals surface area (Å²) < 4.78 is 11.3. The molecule has 6 nitrogen and oxygen atoms in total. The van der Waals surface area contributed by atoms with E-state index in [9.17, 15) is 9.59 Å². The van der Waals surface area contributed by atoms with Crippen LogP contribution in [0.25, 0.3) is 11.0 Å². The summed E-state index contributed by atoms with van der Waals surface area (Å²) in [6.07, 6.45) is 2.39. The number of aryl methyl sites for hydroxylation is 1. The van der Waals surface area contributed by atoms with Crippen LogP contribution in [-0.2, 0) is 19.5 Å². The fourth-order valence-corrected chi connectivity index (χ4v) is 3.59. The second kappa shape index (κ2) is 9.14. The Morgan fingerprint density at radius 3 is 2.34 bits per heavy atom. The van der Waals surface area contributed by atoms with Gasteiger partial charge in [0, 0.05) is 32.4 Å². The van der Waals surface area contributed by atoms with E-state index in [4.69, 9.17) is 8.83 Å². The third-order valence-electron chi connectivity index (χ3n) is 5.45. The topological polar surface area (TPSA) is 66.9 Å². The molecule has 0 fully saturated rings. The molecular weight excluding hydrogens is 404 g/mol. The fraction of sp³-hybridized carbons (Fsp3) is 0.231. The molecule has 4 aromatic rings. The summed E-state index contributed by atoms with van der Waals surface area (Å²) in [7, 11) is 3.96. The minimum absolute atomic E-state index is 0.0169. The molecule has 0 bridgehead atoms. The number of carbonyl (C=O) groups excluding carboxylic acids is 1. The highest BCUT2D eigenvalue weighted by molar-refractivity contribution is 5.93. The normalized spacial score (nSPS) is 11.0. The van der Waals surface area contributed by atoms with Gasteiger partial charge in [-0.2, -0.15) is 0 Å². The molecule has 0 aliphatic carbocycles. The maximum absolute atomic E-state index is 13.4. The average molecular weight is 431 g/mol. The Bertz CT molecular complexity index is 1270. The highest BCUT2D eigenvalue weighted by atomic mass is 16.3. The maximum atomic E-state index is 13.4. The van der Waals surface area contributed by atoms with Gasteiger partial charge in [-0.25, -0.2) is 0 Å². The van der Waals surface area contributed by atoms with E-state index in [-0.39, 0.29) is 23.6 Å². The van der Waals surface area contributed by atoms with E-state index in [1.165, 1.54) is 6.07 Å². The van der Waals surface area contributed by atoms with Gasteiger partial charge in [0.2, 0.25) is 0 Å². The second-order valence-electron chi connectivity index (χ2n) is 7.96. The molecule has 4 rings (SSSR count). The number of benzene rings is 2. The first-order chi connectivity index (χ1) is 15.4. The molecule has 32 heavy (non-hydrogen) atoms. The molecule has 1 amide bonds. The van der Waals surface area contributed by atoms with E-state index < -0.39 is 0 Å². The van der Waals surface area contributed by atoms with Crippen LogP contribution in [-0.4, -0.2) is 24.9 Å². The van der Waals surface area contributed by atoms with E-state index in [0.717, 1.165) is 23.2 Å². The van der Waals surface area contributed by atoms with Crippen LogP contribution in [0.2, 0.25) is 0 Å². The van der Waals surface area contributed by atoms with Crippen molar-refractivity contribution in [3.8, 4) is 0 Å². The van der Waals surface area contributed by atoms with Crippen molar-refractivity contribution < 1.29 is 13.6 Å². The van der Waals surface area contributed by atoms with Gasteiger partial charge in [0.1, 0.15) is 11.3 Å². The van der Waals surface area contributed by atoms with Gasteiger partial charge >= 0.3 is 0 Å². The number of rotatable bonds is 7. The summed E-state index contributed by atoms with van der Waals surface area (Å²) in [6.45, 7) is 2.64. The minimum Gasteiger partial charge on any atom is -0.467 e. The van der Waals surface area contributed by atoms with Crippen molar-refractivity contribution in [2.24, 2.45) is 0 Å². The number of nitrogens with zero attached hydrogens (tertiary/aromatic N) is 2. The Labute approximate surface area is 186 Å². The molecule has 2 heterocycles. The van der Waals surface area contributed by atoms with Crippen molar-refractivity contribution in [1.29, 1.82) is 0 Å². The van der Waals surface area contributed by atoms with Crippen LogP contribution in [0.5, 0.6) is 0 Å². The molecule has 0 aliphatic heterocycles. The fourth-order valence-electron chi connectivity index (χ4n) is 3.59.